The van der Waals surface area contributed by atoms with Gasteiger partial charge < -0.3 is 14.7 Å². The standard InChI is InChI=1S/C17H22FNO3/c18-14-5-2-13(3-6-14)4-7-16(21)19-10-8-15(20)17(12-19)9-1-11-22-17/h2-3,5-6,15,20H,1,4,7-12H2/t15-,17-/m0/s1. The van der Waals surface area contributed by atoms with E-state index in [1.165, 1.54) is 12.1 Å². The van der Waals surface area contributed by atoms with E-state index in [9.17, 15) is 14.3 Å². The number of aliphatic hydroxyl groups excluding tert-OH is 1. The number of aryl methyl sites for hydroxylation is 1. The molecule has 120 valence electrons. The molecule has 1 spiro atoms. The Kier molecular flexibility index (Phi) is 4.45. The summed E-state index contributed by atoms with van der Waals surface area (Å²) >= 11 is 0. The largest absolute Gasteiger partial charge is 0.390 e. The summed E-state index contributed by atoms with van der Waals surface area (Å²) in [6.07, 6.45) is 2.85. The number of carbonyl (C=O) groups excluding carboxylic acids is 1. The van der Waals surface area contributed by atoms with Crippen LogP contribution in [0.5, 0.6) is 0 Å². The molecule has 5 heteroatoms. The maximum atomic E-state index is 12.9. The van der Waals surface area contributed by atoms with Crippen LogP contribution >= 0.6 is 0 Å². The van der Waals surface area contributed by atoms with Crippen molar-refractivity contribution in [3.8, 4) is 0 Å². The van der Waals surface area contributed by atoms with E-state index in [-0.39, 0.29) is 11.7 Å². The number of rotatable bonds is 3. The lowest BCUT2D eigenvalue weighted by Crippen LogP contribution is -2.57. The number of ether oxygens (including phenoxy) is 1. The molecule has 2 atom stereocenters. The molecule has 2 saturated heterocycles. The van der Waals surface area contributed by atoms with Crippen LogP contribution in [0.4, 0.5) is 4.39 Å². The number of carbonyl (C=O) groups is 1. The van der Waals surface area contributed by atoms with Gasteiger partial charge in [-0.05, 0) is 43.4 Å². The first-order valence-electron chi connectivity index (χ1n) is 7.93. The Labute approximate surface area is 129 Å². The number of aliphatic hydroxyl groups is 1. The minimum absolute atomic E-state index is 0.0751. The third-order valence-corrected chi connectivity index (χ3v) is 4.77. The third-order valence-electron chi connectivity index (χ3n) is 4.77. The lowest BCUT2D eigenvalue weighted by Gasteiger charge is -2.43. The molecule has 4 nitrogen and oxygen atoms in total. The van der Waals surface area contributed by atoms with E-state index in [4.69, 9.17) is 4.74 Å². The molecule has 0 aromatic heterocycles. The lowest BCUT2D eigenvalue weighted by atomic mass is 9.87. The highest BCUT2D eigenvalue weighted by Gasteiger charge is 2.46. The quantitative estimate of drug-likeness (QED) is 0.928. The summed E-state index contributed by atoms with van der Waals surface area (Å²) in [7, 11) is 0. The number of halogens is 1. The van der Waals surface area contributed by atoms with Crippen molar-refractivity contribution in [2.24, 2.45) is 0 Å². The predicted molar refractivity (Wildman–Crippen MR) is 79.8 cm³/mol. The summed E-state index contributed by atoms with van der Waals surface area (Å²) < 4.78 is 18.6. The van der Waals surface area contributed by atoms with Crippen molar-refractivity contribution in [1.29, 1.82) is 0 Å². The van der Waals surface area contributed by atoms with E-state index in [0.29, 0.717) is 39.0 Å². The minimum Gasteiger partial charge on any atom is -0.390 e. The lowest BCUT2D eigenvalue weighted by molar-refractivity contribution is -0.154. The summed E-state index contributed by atoms with van der Waals surface area (Å²) in [4.78, 5) is 14.2. The van der Waals surface area contributed by atoms with E-state index < -0.39 is 11.7 Å². The molecule has 2 aliphatic rings. The van der Waals surface area contributed by atoms with Crippen LogP contribution in [0.25, 0.3) is 0 Å². The molecule has 2 aliphatic heterocycles. The second-order valence-electron chi connectivity index (χ2n) is 6.26. The van der Waals surface area contributed by atoms with Crippen LogP contribution in [0.3, 0.4) is 0 Å². The van der Waals surface area contributed by atoms with Gasteiger partial charge >= 0.3 is 0 Å². The topological polar surface area (TPSA) is 49.8 Å². The maximum Gasteiger partial charge on any atom is 0.223 e. The van der Waals surface area contributed by atoms with Gasteiger partial charge in [-0.2, -0.15) is 0 Å². The highest BCUT2D eigenvalue weighted by atomic mass is 19.1. The summed E-state index contributed by atoms with van der Waals surface area (Å²) in [6.45, 7) is 1.72. The average molecular weight is 307 g/mol. The third kappa shape index (κ3) is 3.15. The summed E-state index contributed by atoms with van der Waals surface area (Å²) in [6, 6.07) is 6.26. The molecule has 0 saturated carbocycles. The first kappa shape index (κ1) is 15.4. The van der Waals surface area contributed by atoms with E-state index in [1.807, 2.05) is 4.90 Å². The van der Waals surface area contributed by atoms with Crippen LogP contribution < -0.4 is 0 Å². The molecule has 1 aromatic carbocycles. The van der Waals surface area contributed by atoms with E-state index in [0.717, 1.165) is 18.4 Å². The number of benzene rings is 1. The maximum absolute atomic E-state index is 12.9. The SMILES string of the molecule is O=C(CCc1ccc(F)cc1)N1CC[C@H](O)[C@]2(CCCO2)C1. The fraction of sp³-hybridized carbons (Fsp3) is 0.588. The summed E-state index contributed by atoms with van der Waals surface area (Å²) in [5.74, 6) is -0.188. The number of hydrogen-bond acceptors (Lipinski definition) is 3. The monoisotopic (exact) mass is 307 g/mol. The van der Waals surface area contributed by atoms with Crippen LogP contribution in [-0.2, 0) is 16.0 Å². The summed E-state index contributed by atoms with van der Waals surface area (Å²) in [5, 5.41) is 10.2. The van der Waals surface area contributed by atoms with Crippen LogP contribution in [0, 0.1) is 5.82 Å². The highest BCUT2D eigenvalue weighted by molar-refractivity contribution is 5.76. The Morgan fingerprint density at radius 1 is 1.41 bits per heavy atom. The molecule has 2 fully saturated rings. The normalized spacial score (nSPS) is 28.3. The summed E-state index contributed by atoms with van der Waals surface area (Å²) in [5.41, 5.74) is 0.405. The fourth-order valence-corrected chi connectivity index (χ4v) is 3.43. The van der Waals surface area contributed by atoms with Crippen LogP contribution in [0.1, 0.15) is 31.2 Å². The Morgan fingerprint density at radius 3 is 2.86 bits per heavy atom. The number of nitrogens with zero attached hydrogens (tertiary/aromatic N) is 1. The van der Waals surface area contributed by atoms with Crippen molar-refractivity contribution in [3.63, 3.8) is 0 Å². The first-order valence-corrected chi connectivity index (χ1v) is 7.93. The highest BCUT2D eigenvalue weighted by Crippen LogP contribution is 2.35. The van der Waals surface area contributed by atoms with Gasteiger partial charge in [-0.1, -0.05) is 12.1 Å². The molecule has 0 bridgehead atoms. The molecule has 0 radical (unpaired) electrons. The van der Waals surface area contributed by atoms with Crippen molar-refractivity contribution in [3.05, 3.63) is 35.6 Å². The van der Waals surface area contributed by atoms with Gasteiger partial charge in [-0.25, -0.2) is 4.39 Å². The van der Waals surface area contributed by atoms with Crippen LogP contribution in [0.2, 0.25) is 0 Å². The molecule has 2 heterocycles. The van der Waals surface area contributed by atoms with Crippen LogP contribution in [0.15, 0.2) is 24.3 Å². The molecule has 1 N–H and O–H groups in total. The molecular formula is C17H22FNO3. The number of piperidine rings is 1. The van der Waals surface area contributed by atoms with E-state index in [1.54, 1.807) is 12.1 Å². The van der Waals surface area contributed by atoms with E-state index in [2.05, 4.69) is 0 Å². The Morgan fingerprint density at radius 2 is 2.18 bits per heavy atom. The van der Waals surface area contributed by atoms with Gasteiger partial charge in [0.05, 0.1) is 12.6 Å². The second kappa shape index (κ2) is 6.34. The average Bonchev–Trinajstić information content (AvgIpc) is 2.99. The van der Waals surface area contributed by atoms with Gasteiger partial charge in [0.2, 0.25) is 5.91 Å². The van der Waals surface area contributed by atoms with E-state index >= 15 is 0 Å². The Bertz CT molecular complexity index is 525. The minimum atomic E-state index is -0.552. The first-order chi connectivity index (χ1) is 10.6. The number of likely N-dealkylation sites (tertiary alicyclic amines) is 1. The number of hydrogen-bond donors (Lipinski definition) is 1. The molecule has 1 amide bonds. The Hall–Kier alpha value is -1.46. The molecule has 0 unspecified atom stereocenters. The predicted octanol–water partition coefficient (Wildman–Crippen LogP) is 1.90. The molecular weight excluding hydrogens is 285 g/mol. The van der Waals surface area contributed by atoms with Gasteiger partial charge in [0.25, 0.3) is 0 Å². The van der Waals surface area contributed by atoms with Gasteiger partial charge in [-0.3, -0.25) is 4.79 Å². The molecule has 1 aromatic rings. The zero-order valence-electron chi connectivity index (χ0n) is 12.6. The van der Waals surface area contributed by atoms with Crippen LogP contribution in [-0.4, -0.2) is 47.3 Å². The van der Waals surface area contributed by atoms with Gasteiger partial charge in [0, 0.05) is 19.6 Å². The Balaban J connectivity index is 1.57. The molecule has 3 rings (SSSR count). The van der Waals surface area contributed by atoms with Gasteiger partial charge in [0.15, 0.2) is 0 Å². The van der Waals surface area contributed by atoms with Crippen molar-refractivity contribution in [2.45, 2.75) is 43.8 Å². The van der Waals surface area contributed by atoms with Gasteiger partial charge in [0.1, 0.15) is 11.4 Å². The van der Waals surface area contributed by atoms with Crippen molar-refractivity contribution >= 4 is 5.91 Å². The zero-order chi connectivity index (χ0) is 15.6. The number of amides is 1. The molecule has 22 heavy (non-hydrogen) atoms. The molecule has 0 aliphatic carbocycles. The fourth-order valence-electron chi connectivity index (χ4n) is 3.43. The van der Waals surface area contributed by atoms with Gasteiger partial charge in [-0.15, -0.1) is 0 Å². The smallest absolute Gasteiger partial charge is 0.223 e. The second-order valence-corrected chi connectivity index (χ2v) is 6.26. The van der Waals surface area contributed by atoms with Crippen molar-refractivity contribution in [1.82, 2.24) is 4.90 Å². The van der Waals surface area contributed by atoms with Crippen molar-refractivity contribution in [2.75, 3.05) is 19.7 Å². The zero-order valence-corrected chi connectivity index (χ0v) is 12.6. The van der Waals surface area contributed by atoms with Crippen molar-refractivity contribution < 1.29 is 19.0 Å².